The Balaban J connectivity index is 0.000000388. The maximum Gasteiger partial charge on any atom is 0.155 e. The summed E-state index contributed by atoms with van der Waals surface area (Å²) in [5.74, 6) is -0.0625. The van der Waals surface area contributed by atoms with Gasteiger partial charge < -0.3 is 14.2 Å². The van der Waals surface area contributed by atoms with E-state index >= 15 is 0 Å². The van der Waals surface area contributed by atoms with E-state index in [1.54, 1.807) is 0 Å². The number of allylic oxidation sites excluding steroid dienone is 2. The number of benzene rings is 5. The molecule has 8 aromatic rings. The molecule has 1 N–H and O–H groups in total. The molecule has 0 amide bonds. The van der Waals surface area contributed by atoms with Crippen LogP contribution in [-0.2, 0) is 24.9 Å². The molecule has 5 nitrogen and oxygen atoms in total. The van der Waals surface area contributed by atoms with Crippen molar-refractivity contribution in [1.29, 1.82) is 0 Å². The van der Waals surface area contributed by atoms with Crippen molar-refractivity contribution in [2.75, 3.05) is 0 Å². The molecule has 0 fully saturated rings. The van der Waals surface area contributed by atoms with Crippen molar-refractivity contribution in [2.45, 2.75) is 13.8 Å². The predicted octanol–water partition coefficient (Wildman–Crippen LogP) is 9.26. The Labute approximate surface area is 268 Å². The van der Waals surface area contributed by atoms with Gasteiger partial charge in [-0.2, -0.15) is 0 Å². The fourth-order valence-corrected chi connectivity index (χ4v) is 6.01. The number of aromatic nitrogens is 3. The molecular weight excluding hydrogens is 723 g/mol. The molecular formula is C38H28IrN3O2-. The largest absolute Gasteiger partial charge is 0.512 e. The summed E-state index contributed by atoms with van der Waals surface area (Å²) in [5.41, 5.74) is 7.78. The first kappa shape index (κ1) is 29.1. The van der Waals surface area contributed by atoms with Gasteiger partial charge in [0, 0.05) is 65.6 Å². The van der Waals surface area contributed by atoms with Crippen LogP contribution in [0.3, 0.4) is 0 Å². The Hall–Kier alpha value is -5.03. The van der Waals surface area contributed by atoms with Crippen molar-refractivity contribution >= 4 is 60.3 Å². The average Bonchev–Trinajstić information content (AvgIpc) is 3.30. The summed E-state index contributed by atoms with van der Waals surface area (Å²) in [6, 6.07) is 44.4. The fourth-order valence-electron chi connectivity index (χ4n) is 6.01. The Morgan fingerprint density at radius 2 is 1.27 bits per heavy atom. The number of ketones is 1. The third kappa shape index (κ3) is 4.98. The number of para-hydroxylation sites is 2. The second kappa shape index (κ2) is 11.9. The summed E-state index contributed by atoms with van der Waals surface area (Å²) in [6.07, 6.45) is 3.10. The van der Waals surface area contributed by atoms with E-state index in [1.165, 1.54) is 30.8 Å². The Kier molecular flexibility index (Phi) is 7.88. The van der Waals surface area contributed by atoms with E-state index in [1.807, 2.05) is 6.20 Å². The van der Waals surface area contributed by atoms with Crippen LogP contribution < -0.4 is 0 Å². The van der Waals surface area contributed by atoms with E-state index in [0.717, 1.165) is 55.0 Å². The summed E-state index contributed by atoms with van der Waals surface area (Å²) in [4.78, 5) is 15.0. The zero-order chi connectivity index (χ0) is 29.5. The van der Waals surface area contributed by atoms with Gasteiger partial charge >= 0.3 is 0 Å². The van der Waals surface area contributed by atoms with Crippen LogP contribution in [0.5, 0.6) is 0 Å². The zero-order valence-corrected chi connectivity index (χ0v) is 26.5. The van der Waals surface area contributed by atoms with Crippen molar-refractivity contribution in [3.63, 3.8) is 0 Å². The molecule has 3 aromatic heterocycles. The van der Waals surface area contributed by atoms with Crippen molar-refractivity contribution in [3.05, 3.63) is 139 Å². The van der Waals surface area contributed by atoms with Crippen molar-refractivity contribution < 1.29 is 30.0 Å². The first-order valence-corrected chi connectivity index (χ1v) is 14.2. The van der Waals surface area contributed by atoms with Crippen LogP contribution in [0.2, 0.25) is 0 Å². The molecule has 0 saturated heterocycles. The molecule has 0 atom stereocenters. The maximum atomic E-state index is 10.0. The number of carbonyl (C=O) groups is 1. The number of nitrogens with zero attached hydrogens (tertiary/aromatic N) is 3. The van der Waals surface area contributed by atoms with Gasteiger partial charge in [-0.15, -0.1) is 17.5 Å². The smallest absolute Gasteiger partial charge is 0.155 e. The van der Waals surface area contributed by atoms with Crippen molar-refractivity contribution in [2.24, 2.45) is 0 Å². The number of aliphatic hydroxyl groups excluding tert-OH is 1. The molecule has 0 aliphatic carbocycles. The Morgan fingerprint density at radius 1 is 0.705 bits per heavy atom. The van der Waals surface area contributed by atoms with Gasteiger partial charge in [0.2, 0.25) is 0 Å². The van der Waals surface area contributed by atoms with Crippen LogP contribution in [-0.4, -0.2) is 25.0 Å². The van der Waals surface area contributed by atoms with Gasteiger partial charge in [0.15, 0.2) is 5.78 Å². The molecule has 5 aromatic carbocycles. The van der Waals surface area contributed by atoms with Crippen molar-refractivity contribution in [3.8, 4) is 11.4 Å². The first-order chi connectivity index (χ1) is 21.0. The number of aliphatic hydroxyl groups is 1. The third-order valence-corrected chi connectivity index (χ3v) is 7.61. The van der Waals surface area contributed by atoms with Crippen LogP contribution in [0.4, 0.5) is 0 Å². The molecule has 0 aliphatic rings. The monoisotopic (exact) mass is 751 g/mol. The zero-order valence-electron chi connectivity index (χ0n) is 24.2. The minimum Gasteiger partial charge on any atom is -0.512 e. The topological polar surface area (TPSA) is 60.0 Å². The minimum atomic E-state index is -0.125. The van der Waals surface area contributed by atoms with E-state index in [0.29, 0.717) is 0 Å². The maximum absolute atomic E-state index is 10.0. The first-order valence-electron chi connectivity index (χ1n) is 14.2. The Morgan fingerprint density at radius 3 is 1.86 bits per heavy atom. The molecule has 1 radical (unpaired) electrons. The number of fused-ring (bicyclic) bond motifs is 3. The van der Waals surface area contributed by atoms with E-state index in [2.05, 4.69) is 130 Å². The second-order valence-electron chi connectivity index (χ2n) is 10.6. The third-order valence-electron chi connectivity index (χ3n) is 7.61. The SMILES string of the molecule is CC(=O)/C=C(/C)O.[Ir].[c-]1c2ccccc2cc2c1c1nccc3c1c1c(cccc1n3-c1ccccc1)n2-c1ccccc1. The molecule has 44 heavy (non-hydrogen) atoms. The van der Waals surface area contributed by atoms with Gasteiger partial charge in [0.1, 0.15) is 0 Å². The molecule has 0 saturated carbocycles. The summed E-state index contributed by atoms with van der Waals surface area (Å²) >= 11 is 0. The van der Waals surface area contributed by atoms with E-state index < -0.39 is 0 Å². The van der Waals surface area contributed by atoms with E-state index in [9.17, 15) is 4.79 Å². The van der Waals surface area contributed by atoms with Crippen molar-refractivity contribution in [1.82, 2.24) is 14.1 Å². The van der Waals surface area contributed by atoms with Gasteiger partial charge in [0.05, 0.1) is 16.8 Å². The number of hydrogen-bond acceptors (Lipinski definition) is 3. The molecule has 0 aliphatic heterocycles. The molecule has 6 heteroatoms. The fraction of sp³-hybridized carbons (Fsp3) is 0.0526. The Bertz CT molecular complexity index is 2330. The summed E-state index contributed by atoms with van der Waals surface area (Å²) < 4.78 is 4.73. The molecule has 217 valence electrons. The summed E-state index contributed by atoms with van der Waals surface area (Å²) in [5, 5.41) is 14.0. The molecule has 0 spiro atoms. The van der Waals surface area contributed by atoms with Gasteiger partial charge in [-0.1, -0.05) is 77.5 Å². The number of pyridine rings is 1. The number of carbonyl (C=O) groups excluding carboxylic acids is 1. The van der Waals surface area contributed by atoms with Gasteiger partial charge in [-0.05, 0) is 61.8 Å². The van der Waals surface area contributed by atoms with Crippen LogP contribution in [0, 0.1) is 6.07 Å². The van der Waals surface area contributed by atoms with Crippen LogP contribution in [0.25, 0.3) is 65.9 Å². The number of hydrogen-bond donors (Lipinski definition) is 1. The van der Waals surface area contributed by atoms with Crippen LogP contribution >= 0.6 is 0 Å². The second-order valence-corrected chi connectivity index (χ2v) is 10.6. The predicted molar refractivity (Wildman–Crippen MR) is 176 cm³/mol. The standard InChI is InChI=1S/C33H20N3.C5H8O2.Ir/c1-3-12-24(13-4-1)35-27-16-9-17-28-31(27)32-29(35)18-19-34-33(32)26-20-22-10-7-8-11-23(22)21-30(26)36(28)25-14-5-2-6-15-25;1-4(6)3-5(2)7;/h1-19,21H;3,6H,1-2H3;/q-1;;/b;4-3-;. The normalized spacial score (nSPS) is 11.5. The van der Waals surface area contributed by atoms with Crippen LogP contribution in [0.1, 0.15) is 13.8 Å². The van der Waals surface area contributed by atoms with E-state index in [-0.39, 0.29) is 31.6 Å². The van der Waals surface area contributed by atoms with Gasteiger partial charge in [0.25, 0.3) is 0 Å². The van der Waals surface area contributed by atoms with Crippen LogP contribution in [0.15, 0.2) is 133 Å². The minimum absolute atomic E-state index is 0. The summed E-state index contributed by atoms with van der Waals surface area (Å²) in [7, 11) is 0. The molecule has 3 heterocycles. The summed E-state index contributed by atoms with van der Waals surface area (Å²) in [6.45, 7) is 2.85. The van der Waals surface area contributed by atoms with E-state index in [4.69, 9.17) is 10.1 Å². The molecule has 8 rings (SSSR count). The average molecular weight is 751 g/mol. The van der Waals surface area contributed by atoms with Gasteiger partial charge in [-0.25, -0.2) is 0 Å². The molecule has 0 unspecified atom stereocenters. The quantitative estimate of drug-likeness (QED) is 0.111. The molecule has 0 bridgehead atoms. The number of rotatable bonds is 3. The van der Waals surface area contributed by atoms with Gasteiger partial charge in [-0.3, -0.25) is 9.78 Å².